The molecule has 0 radical (unpaired) electrons. The average molecular weight is 469 g/mol. The number of aryl methyl sites for hydroxylation is 1. The molecular weight excluding hydrogens is 447 g/mol. The van der Waals surface area contributed by atoms with Crippen LogP contribution in [-0.2, 0) is 14.8 Å². The number of hydrogen-bond acceptors (Lipinski definition) is 5. The van der Waals surface area contributed by atoms with Crippen molar-refractivity contribution in [1.29, 1.82) is 0 Å². The second-order valence-corrected chi connectivity index (χ2v) is 9.31. The van der Waals surface area contributed by atoms with Crippen molar-refractivity contribution >= 4 is 33.4 Å². The van der Waals surface area contributed by atoms with Crippen molar-refractivity contribution in [2.45, 2.75) is 18.0 Å². The summed E-state index contributed by atoms with van der Waals surface area (Å²) in [5.74, 6) is -1.93. The zero-order valence-corrected chi connectivity index (χ0v) is 18.3. The number of amides is 2. The Morgan fingerprint density at radius 1 is 1.19 bits per heavy atom. The van der Waals surface area contributed by atoms with E-state index in [0.717, 1.165) is 28.1 Å². The average Bonchev–Trinajstić information content (AvgIpc) is 3.20. The molecule has 0 bridgehead atoms. The summed E-state index contributed by atoms with van der Waals surface area (Å²) in [4.78, 5) is 26.9. The molecule has 1 heterocycles. The predicted octanol–water partition coefficient (Wildman–Crippen LogP) is 1.34. The van der Waals surface area contributed by atoms with Crippen molar-refractivity contribution in [3.05, 3.63) is 64.4 Å². The minimum atomic E-state index is -4.26. The molecule has 31 heavy (non-hydrogen) atoms. The van der Waals surface area contributed by atoms with E-state index in [-0.39, 0.29) is 36.1 Å². The molecule has 3 rings (SSSR count). The third-order valence-electron chi connectivity index (χ3n) is 4.86. The van der Waals surface area contributed by atoms with Gasteiger partial charge in [0.25, 0.3) is 11.8 Å². The van der Waals surface area contributed by atoms with Crippen molar-refractivity contribution in [1.82, 2.24) is 14.5 Å². The highest BCUT2D eigenvalue weighted by molar-refractivity contribution is 7.89. The maximum absolute atomic E-state index is 13.5. The largest absolute Gasteiger partial charge is 0.352 e. The number of sulfonamides is 1. The Labute approximate surface area is 184 Å². The van der Waals surface area contributed by atoms with E-state index in [1.165, 1.54) is 4.90 Å². The first kappa shape index (κ1) is 23.1. The molecule has 1 aliphatic rings. The van der Waals surface area contributed by atoms with Crippen molar-refractivity contribution in [3.8, 4) is 0 Å². The third kappa shape index (κ3) is 4.72. The number of carbonyl (C=O) groups is 2. The van der Waals surface area contributed by atoms with E-state index in [1.807, 2.05) is 6.92 Å². The molecule has 11 heteroatoms. The van der Waals surface area contributed by atoms with Crippen molar-refractivity contribution in [2.75, 3.05) is 26.2 Å². The molecule has 0 aliphatic carbocycles. The van der Waals surface area contributed by atoms with E-state index < -0.39 is 33.8 Å². The van der Waals surface area contributed by atoms with Crippen LogP contribution in [0.1, 0.15) is 15.9 Å². The van der Waals surface area contributed by atoms with E-state index in [0.29, 0.717) is 5.56 Å². The highest BCUT2D eigenvalue weighted by Gasteiger charge is 2.46. The molecular formula is C20H22ClFN4O4S. The second kappa shape index (κ2) is 9.31. The zero-order chi connectivity index (χ0) is 22.8. The highest BCUT2D eigenvalue weighted by Crippen LogP contribution is 2.28. The number of rotatable bonds is 6. The number of halogens is 2. The summed E-state index contributed by atoms with van der Waals surface area (Å²) in [6, 6.07) is 9.71. The summed E-state index contributed by atoms with van der Waals surface area (Å²) in [5, 5.41) is 2.18. The fourth-order valence-electron chi connectivity index (χ4n) is 3.26. The van der Waals surface area contributed by atoms with Gasteiger partial charge in [-0.2, -0.15) is 4.31 Å². The smallest absolute Gasteiger partial charge is 0.259 e. The molecule has 1 atom stereocenters. The monoisotopic (exact) mass is 468 g/mol. The number of benzene rings is 2. The van der Waals surface area contributed by atoms with E-state index in [4.69, 9.17) is 17.3 Å². The lowest BCUT2D eigenvalue weighted by atomic mass is 10.1. The Balaban J connectivity index is 1.99. The topological polar surface area (TPSA) is 113 Å². The van der Waals surface area contributed by atoms with Crippen molar-refractivity contribution < 1.29 is 22.4 Å². The van der Waals surface area contributed by atoms with E-state index >= 15 is 0 Å². The van der Waals surface area contributed by atoms with Gasteiger partial charge < -0.3 is 16.0 Å². The van der Waals surface area contributed by atoms with Crippen LogP contribution in [0.3, 0.4) is 0 Å². The van der Waals surface area contributed by atoms with Gasteiger partial charge in [0.1, 0.15) is 5.82 Å². The molecule has 166 valence electrons. The first-order valence-electron chi connectivity index (χ1n) is 9.49. The van der Waals surface area contributed by atoms with Gasteiger partial charge in [-0.15, -0.1) is 0 Å². The Morgan fingerprint density at radius 2 is 1.87 bits per heavy atom. The van der Waals surface area contributed by atoms with Crippen LogP contribution in [0.5, 0.6) is 0 Å². The van der Waals surface area contributed by atoms with E-state index in [9.17, 15) is 22.4 Å². The third-order valence-corrected chi connectivity index (χ3v) is 7.00. The predicted molar refractivity (Wildman–Crippen MR) is 113 cm³/mol. The van der Waals surface area contributed by atoms with Crippen LogP contribution >= 0.6 is 11.6 Å². The molecule has 1 aliphatic heterocycles. The van der Waals surface area contributed by atoms with Crippen molar-refractivity contribution in [3.63, 3.8) is 0 Å². The van der Waals surface area contributed by atoms with Gasteiger partial charge >= 0.3 is 0 Å². The van der Waals surface area contributed by atoms with Gasteiger partial charge in [0, 0.05) is 31.7 Å². The summed E-state index contributed by atoms with van der Waals surface area (Å²) in [7, 11) is -4.26. The molecule has 1 fully saturated rings. The van der Waals surface area contributed by atoms with Crippen LogP contribution < -0.4 is 11.1 Å². The van der Waals surface area contributed by atoms with Crippen LogP contribution in [0.15, 0.2) is 47.4 Å². The molecule has 2 aromatic carbocycles. The van der Waals surface area contributed by atoms with Crippen LogP contribution in [0.4, 0.5) is 4.39 Å². The fourth-order valence-corrected chi connectivity index (χ4v) is 5.08. The number of carbonyl (C=O) groups excluding carboxylic acids is 2. The Bertz CT molecular complexity index is 1090. The lowest BCUT2D eigenvalue weighted by Crippen LogP contribution is -2.54. The standard InChI is InChI=1S/C20H22ClFN4O4S/c1-13-2-4-14(5-3-13)20(28)25-10-11-26(19(25)18(27)24-9-8-23)31(29,30)15-6-7-17(22)16(21)12-15/h2-7,12,19H,8-11,23H2,1H3,(H,24,27). The lowest BCUT2D eigenvalue weighted by Gasteiger charge is -2.28. The molecule has 0 aromatic heterocycles. The van der Waals surface area contributed by atoms with Crippen LogP contribution in [0, 0.1) is 12.7 Å². The summed E-state index contributed by atoms with van der Waals surface area (Å²) >= 11 is 5.75. The fraction of sp³-hybridized carbons (Fsp3) is 0.300. The van der Waals surface area contributed by atoms with Crippen LogP contribution in [0.25, 0.3) is 0 Å². The van der Waals surface area contributed by atoms with Crippen molar-refractivity contribution in [2.24, 2.45) is 5.73 Å². The van der Waals surface area contributed by atoms with Gasteiger partial charge in [0.2, 0.25) is 10.0 Å². The Morgan fingerprint density at radius 3 is 2.48 bits per heavy atom. The quantitative estimate of drug-likeness (QED) is 0.664. The Hall–Kier alpha value is -2.53. The SMILES string of the molecule is Cc1ccc(C(=O)N2CCN(S(=O)(=O)c3ccc(F)c(Cl)c3)C2C(=O)NCCN)cc1. The maximum atomic E-state index is 13.5. The number of nitrogens with one attached hydrogen (secondary N) is 1. The molecule has 2 amide bonds. The highest BCUT2D eigenvalue weighted by atomic mass is 35.5. The van der Waals surface area contributed by atoms with Gasteiger partial charge in [-0.1, -0.05) is 29.3 Å². The van der Waals surface area contributed by atoms with Gasteiger partial charge in [0.05, 0.1) is 9.92 Å². The number of nitrogens with two attached hydrogens (primary N) is 1. The van der Waals surface area contributed by atoms with E-state index in [2.05, 4.69) is 5.32 Å². The summed E-state index contributed by atoms with van der Waals surface area (Å²) in [6.45, 7) is 2.01. The minimum absolute atomic E-state index is 0.00157. The molecule has 2 aromatic rings. The Kier molecular flexibility index (Phi) is 6.95. The first-order valence-corrected chi connectivity index (χ1v) is 11.3. The van der Waals surface area contributed by atoms with Gasteiger partial charge in [-0.25, -0.2) is 12.8 Å². The maximum Gasteiger partial charge on any atom is 0.259 e. The summed E-state index contributed by atoms with van der Waals surface area (Å²) < 4.78 is 40.9. The molecule has 0 saturated carbocycles. The first-order chi connectivity index (χ1) is 14.7. The van der Waals surface area contributed by atoms with Crippen LogP contribution in [-0.4, -0.2) is 61.8 Å². The molecule has 1 saturated heterocycles. The van der Waals surface area contributed by atoms with Gasteiger partial charge in [-0.3, -0.25) is 9.59 Å². The molecule has 3 N–H and O–H groups in total. The molecule has 1 unspecified atom stereocenters. The number of nitrogens with zero attached hydrogens (tertiary/aromatic N) is 2. The summed E-state index contributed by atoms with van der Waals surface area (Å²) in [6.07, 6.45) is -1.42. The summed E-state index contributed by atoms with van der Waals surface area (Å²) in [5.41, 5.74) is 6.72. The minimum Gasteiger partial charge on any atom is -0.352 e. The molecule has 8 nitrogen and oxygen atoms in total. The molecule has 0 spiro atoms. The van der Waals surface area contributed by atoms with E-state index in [1.54, 1.807) is 24.3 Å². The number of hydrogen-bond donors (Lipinski definition) is 2. The lowest BCUT2D eigenvalue weighted by molar-refractivity contribution is -0.127. The van der Waals surface area contributed by atoms with Gasteiger partial charge in [0.15, 0.2) is 6.17 Å². The normalized spacial score (nSPS) is 17.0. The van der Waals surface area contributed by atoms with Crippen LogP contribution in [0.2, 0.25) is 5.02 Å². The zero-order valence-electron chi connectivity index (χ0n) is 16.7. The second-order valence-electron chi connectivity index (χ2n) is 7.01. The van der Waals surface area contributed by atoms with Gasteiger partial charge in [-0.05, 0) is 37.3 Å².